The summed E-state index contributed by atoms with van der Waals surface area (Å²) in [5.74, 6) is 2.10. The lowest BCUT2D eigenvalue weighted by Gasteiger charge is -2.15. The number of anilines is 1. The van der Waals surface area contributed by atoms with Crippen LogP contribution in [0.1, 0.15) is 30.6 Å². The van der Waals surface area contributed by atoms with E-state index in [9.17, 15) is 5.11 Å². The molecular weight excluding hydrogens is 469 g/mol. The van der Waals surface area contributed by atoms with Crippen LogP contribution in [-0.4, -0.2) is 37.4 Å². The van der Waals surface area contributed by atoms with Crippen LogP contribution in [0, 0.1) is 6.92 Å². The Hall–Kier alpha value is -2.00. The molecule has 2 aromatic rings. The highest BCUT2D eigenvalue weighted by atomic mass is 127. The van der Waals surface area contributed by atoms with Crippen LogP contribution in [0.15, 0.2) is 47.5 Å². The van der Waals surface area contributed by atoms with Crippen LogP contribution < -0.4 is 20.1 Å². The first-order valence-electron chi connectivity index (χ1n) is 9.35. The second-order valence-corrected chi connectivity index (χ2v) is 6.48. The van der Waals surface area contributed by atoms with E-state index in [0.717, 1.165) is 35.7 Å². The van der Waals surface area contributed by atoms with Crippen LogP contribution in [0.2, 0.25) is 0 Å². The molecule has 0 aliphatic carbocycles. The van der Waals surface area contributed by atoms with Crippen molar-refractivity contribution < 1.29 is 14.6 Å². The zero-order chi connectivity index (χ0) is 19.1. The van der Waals surface area contributed by atoms with Crippen LogP contribution in [0.4, 0.5) is 5.69 Å². The Morgan fingerprint density at radius 1 is 1.11 bits per heavy atom. The van der Waals surface area contributed by atoms with Gasteiger partial charge in [0, 0.05) is 24.7 Å². The topological polar surface area (TPSA) is 75.1 Å². The number of hydrogen-bond acceptors (Lipinski definition) is 4. The molecule has 152 valence electrons. The van der Waals surface area contributed by atoms with Crippen molar-refractivity contribution in [1.82, 2.24) is 5.32 Å². The van der Waals surface area contributed by atoms with Crippen LogP contribution in [0.25, 0.3) is 0 Å². The fourth-order valence-electron chi connectivity index (χ4n) is 2.76. The number of rotatable bonds is 5. The van der Waals surface area contributed by atoms with Crippen molar-refractivity contribution in [1.29, 1.82) is 0 Å². The van der Waals surface area contributed by atoms with E-state index >= 15 is 0 Å². The highest BCUT2D eigenvalue weighted by Gasteiger charge is 2.12. The number of hydrogen-bond donors (Lipinski definition) is 3. The van der Waals surface area contributed by atoms with Crippen LogP contribution in [0.5, 0.6) is 11.5 Å². The number of guanidine groups is 1. The summed E-state index contributed by atoms with van der Waals surface area (Å²) < 4.78 is 11.4. The molecule has 0 saturated carbocycles. The van der Waals surface area contributed by atoms with Crippen molar-refractivity contribution in [3.8, 4) is 11.5 Å². The number of aliphatic imine (C=N–C) groups is 1. The Kier molecular flexibility index (Phi) is 8.85. The number of halogens is 1. The summed E-state index contributed by atoms with van der Waals surface area (Å²) in [5, 5.41) is 16.8. The third kappa shape index (κ3) is 6.27. The summed E-state index contributed by atoms with van der Waals surface area (Å²) in [7, 11) is 0. The number of fused-ring (bicyclic) bond motifs is 1. The lowest BCUT2D eigenvalue weighted by atomic mass is 10.1. The molecule has 3 N–H and O–H groups in total. The number of aliphatic hydroxyl groups is 1. The highest BCUT2D eigenvalue weighted by Crippen LogP contribution is 2.32. The van der Waals surface area contributed by atoms with E-state index in [1.807, 2.05) is 56.3 Å². The van der Waals surface area contributed by atoms with Crippen molar-refractivity contribution in [3.63, 3.8) is 0 Å². The van der Waals surface area contributed by atoms with Gasteiger partial charge in [-0.05, 0) is 31.5 Å². The molecule has 1 heterocycles. The number of nitrogens with one attached hydrogen (secondary N) is 2. The first-order valence-corrected chi connectivity index (χ1v) is 9.35. The third-order valence-electron chi connectivity index (χ3n) is 4.24. The minimum atomic E-state index is -0.648. The van der Waals surface area contributed by atoms with Crippen molar-refractivity contribution in [2.75, 3.05) is 31.6 Å². The molecule has 3 rings (SSSR count). The Bertz CT molecular complexity index is 781. The summed E-state index contributed by atoms with van der Waals surface area (Å²) in [6, 6.07) is 13.6. The number of benzene rings is 2. The summed E-state index contributed by atoms with van der Waals surface area (Å²) in [6.07, 6.45) is 0.225. The maximum Gasteiger partial charge on any atom is 0.195 e. The number of nitrogens with zero attached hydrogens (tertiary/aromatic N) is 1. The molecule has 1 aliphatic heterocycles. The van der Waals surface area contributed by atoms with Gasteiger partial charge in [-0.1, -0.05) is 29.8 Å². The maximum absolute atomic E-state index is 10.4. The van der Waals surface area contributed by atoms with Crippen LogP contribution in [0.3, 0.4) is 0 Å². The molecular formula is C21H28IN3O3. The van der Waals surface area contributed by atoms with E-state index in [-0.39, 0.29) is 30.5 Å². The van der Waals surface area contributed by atoms with Crippen LogP contribution in [-0.2, 0) is 0 Å². The first kappa shape index (κ1) is 22.3. The van der Waals surface area contributed by atoms with Gasteiger partial charge >= 0.3 is 0 Å². The third-order valence-corrected chi connectivity index (χ3v) is 4.24. The van der Waals surface area contributed by atoms with Crippen LogP contribution >= 0.6 is 24.0 Å². The molecule has 1 aliphatic rings. The molecule has 0 saturated heterocycles. The molecule has 0 radical (unpaired) electrons. The normalized spacial score (nSPS) is 14.5. The quantitative estimate of drug-likeness (QED) is 0.332. The maximum atomic E-state index is 10.4. The number of aryl methyl sites for hydroxylation is 1. The number of aliphatic hydroxyl groups excluding tert-OH is 1. The minimum Gasteiger partial charge on any atom is -0.490 e. The summed E-state index contributed by atoms with van der Waals surface area (Å²) in [4.78, 5) is 4.51. The van der Waals surface area contributed by atoms with Gasteiger partial charge in [-0.25, -0.2) is 4.99 Å². The largest absolute Gasteiger partial charge is 0.490 e. The standard InChI is InChI=1S/C21H27N3O3.HI/c1-3-22-21(23-14-18(25)16-7-5-15(2)6-8-16)24-17-9-10-19-20(13-17)27-12-4-11-26-19;/h5-10,13,18,25H,3-4,11-12,14H2,1-2H3,(H2,22,23,24);1H. The summed E-state index contributed by atoms with van der Waals surface area (Å²) in [6.45, 7) is 6.33. The molecule has 0 aromatic heterocycles. The smallest absolute Gasteiger partial charge is 0.195 e. The van der Waals surface area contributed by atoms with Gasteiger partial charge in [0.25, 0.3) is 0 Å². The lowest BCUT2D eigenvalue weighted by Crippen LogP contribution is -2.31. The second-order valence-electron chi connectivity index (χ2n) is 6.48. The average molecular weight is 497 g/mol. The predicted molar refractivity (Wildman–Crippen MR) is 123 cm³/mol. The first-order chi connectivity index (χ1) is 13.2. The second kappa shape index (κ2) is 11.1. The van der Waals surface area contributed by atoms with Gasteiger partial charge in [-0.15, -0.1) is 24.0 Å². The van der Waals surface area contributed by atoms with Gasteiger partial charge in [-0.2, -0.15) is 0 Å². The fourth-order valence-corrected chi connectivity index (χ4v) is 2.76. The Morgan fingerprint density at radius 3 is 2.54 bits per heavy atom. The van der Waals surface area contributed by atoms with Gasteiger partial charge in [0.1, 0.15) is 0 Å². The molecule has 0 fully saturated rings. The van der Waals surface area contributed by atoms with Crippen molar-refractivity contribution >= 4 is 35.6 Å². The zero-order valence-electron chi connectivity index (χ0n) is 16.3. The van der Waals surface area contributed by atoms with E-state index in [4.69, 9.17) is 9.47 Å². The monoisotopic (exact) mass is 497 g/mol. The number of ether oxygens (including phenoxy) is 2. The molecule has 1 unspecified atom stereocenters. The van der Waals surface area contributed by atoms with E-state index in [2.05, 4.69) is 15.6 Å². The molecule has 0 bridgehead atoms. The minimum absolute atomic E-state index is 0. The van der Waals surface area contributed by atoms with E-state index in [1.165, 1.54) is 5.56 Å². The van der Waals surface area contributed by atoms with Gasteiger partial charge in [0.15, 0.2) is 17.5 Å². The van der Waals surface area contributed by atoms with E-state index in [0.29, 0.717) is 19.2 Å². The molecule has 0 amide bonds. The summed E-state index contributed by atoms with van der Waals surface area (Å²) in [5.41, 5.74) is 2.87. The van der Waals surface area contributed by atoms with Crippen molar-refractivity contribution in [2.24, 2.45) is 4.99 Å². The van der Waals surface area contributed by atoms with E-state index in [1.54, 1.807) is 0 Å². The highest BCUT2D eigenvalue weighted by molar-refractivity contribution is 14.0. The van der Waals surface area contributed by atoms with E-state index < -0.39 is 6.10 Å². The predicted octanol–water partition coefficient (Wildman–Crippen LogP) is 3.89. The van der Waals surface area contributed by atoms with Crippen molar-refractivity contribution in [3.05, 3.63) is 53.6 Å². The zero-order valence-corrected chi connectivity index (χ0v) is 18.6. The SMILES string of the molecule is CCNC(=NCC(O)c1ccc(C)cc1)Nc1ccc2c(c1)OCCCO2.I. The fraction of sp³-hybridized carbons (Fsp3) is 0.381. The summed E-state index contributed by atoms with van der Waals surface area (Å²) >= 11 is 0. The van der Waals surface area contributed by atoms with Gasteiger partial charge in [-0.3, -0.25) is 0 Å². The lowest BCUT2D eigenvalue weighted by molar-refractivity contribution is 0.187. The van der Waals surface area contributed by atoms with Gasteiger partial charge in [0.2, 0.25) is 0 Å². The molecule has 6 nitrogen and oxygen atoms in total. The molecule has 0 spiro atoms. The average Bonchev–Trinajstić information content (AvgIpc) is 2.91. The van der Waals surface area contributed by atoms with Gasteiger partial charge < -0.3 is 25.2 Å². The molecule has 28 heavy (non-hydrogen) atoms. The van der Waals surface area contributed by atoms with Gasteiger partial charge in [0.05, 0.1) is 25.9 Å². The molecule has 7 heteroatoms. The Morgan fingerprint density at radius 2 is 1.82 bits per heavy atom. The Balaban J connectivity index is 0.00000280. The Labute approximate surface area is 183 Å². The molecule has 1 atom stereocenters. The molecule has 2 aromatic carbocycles. The van der Waals surface area contributed by atoms with Crippen molar-refractivity contribution in [2.45, 2.75) is 26.4 Å².